The molecule has 0 aromatic rings. The minimum Gasteiger partial charge on any atom is -0.466 e. The molecule has 2 unspecified atom stereocenters. The molecule has 0 radical (unpaired) electrons. The highest BCUT2D eigenvalue weighted by Gasteiger charge is 2.20. The predicted molar refractivity (Wildman–Crippen MR) is 310 cm³/mol. The summed E-state index contributed by atoms with van der Waals surface area (Å²) in [6.07, 6.45) is 74.9. The molecule has 0 aliphatic carbocycles. The lowest BCUT2D eigenvalue weighted by Crippen LogP contribution is -2.45. The summed E-state index contributed by atoms with van der Waals surface area (Å²) in [6, 6.07) is -0.586. The Balaban J connectivity index is 3.49. The van der Waals surface area contributed by atoms with Crippen molar-refractivity contribution < 1.29 is 24.5 Å². The average Bonchev–Trinajstić information content (AvgIpc) is 3.37. The van der Waals surface area contributed by atoms with E-state index in [0.717, 1.165) is 51.4 Å². The first-order valence-electron chi connectivity index (χ1n) is 32.1. The number of esters is 1. The first kappa shape index (κ1) is 69.3. The maximum atomic E-state index is 12.5. The lowest BCUT2D eigenvalue weighted by Gasteiger charge is -2.22. The molecule has 0 saturated heterocycles. The number of nitrogens with one attached hydrogen (secondary N) is 1. The Labute approximate surface area is 443 Å². The van der Waals surface area contributed by atoms with E-state index in [9.17, 15) is 19.8 Å². The van der Waals surface area contributed by atoms with E-state index in [-0.39, 0.29) is 18.5 Å². The zero-order valence-corrected chi connectivity index (χ0v) is 48.0. The van der Waals surface area contributed by atoms with E-state index in [4.69, 9.17) is 4.74 Å². The Hall–Kier alpha value is -1.66. The fraction of sp³-hybridized carbons (Fsp3) is 0.908. The second-order valence-electron chi connectivity index (χ2n) is 22.1. The third kappa shape index (κ3) is 57.5. The molecule has 6 nitrogen and oxygen atoms in total. The maximum absolute atomic E-state index is 12.5. The van der Waals surface area contributed by atoms with Gasteiger partial charge < -0.3 is 20.3 Å². The molecule has 0 bridgehead atoms. The number of allylic oxidation sites excluding steroid dienone is 4. The number of hydrogen-bond donors (Lipinski definition) is 3. The van der Waals surface area contributed by atoms with Gasteiger partial charge in [0.1, 0.15) is 0 Å². The van der Waals surface area contributed by atoms with E-state index in [1.807, 2.05) is 0 Å². The van der Waals surface area contributed by atoms with Gasteiger partial charge in [-0.3, -0.25) is 9.59 Å². The number of ether oxygens (including phenoxy) is 1. The van der Waals surface area contributed by atoms with Crippen LogP contribution in [0.4, 0.5) is 0 Å². The Kier molecular flexibility index (Phi) is 59.5. The van der Waals surface area contributed by atoms with Crippen molar-refractivity contribution in [2.75, 3.05) is 13.2 Å². The number of rotatable bonds is 60. The molecule has 0 aliphatic heterocycles. The number of unbranched alkanes of at least 4 members (excludes halogenated alkanes) is 45. The SMILES string of the molecule is CCCCCCCCCCCCCCCCCCCCCCCCC(O)C(CO)NC(=O)CC/C=C\C/C=C\CCCCCCCCOC(=O)CCCCCCCCCCCCCCCCCCCCC. The molecule has 71 heavy (non-hydrogen) atoms. The van der Waals surface area contributed by atoms with Gasteiger partial charge in [-0.05, 0) is 44.9 Å². The van der Waals surface area contributed by atoms with Gasteiger partial charge in [0.15, 0.2) is 0 Å². The molecule has 0 rings (SSSR count). The van der Waals surface area contributed by atoms with Gasteiger partial charge in [0.25, 0.3) is 0 Å². The average molecular weight is 1000 g/mol. The smallest absolute Gasteiger partial charge is 0.305 e. The number of amides is 1. The Morgan fingerprint density at radius 1 is 0.394 bits per heavy atom. The predicted octanol–water partition coefficient (Wildman–Crippen LogP) is 20.2. The molecule has 0 aliphatic rings. The van der Waals surface area contributed by atoms with Crippen LogP contribution in [0.3, 0.4) is 0 Å². The van der Waals surface area contributed by atoms with Crippen molar-refractivity contribution in [1.82, 2.24) is 5.32 Å². The fourth-order valence-electron chi connectivity index (χ4n) is 10.1. The second-order valence-corrected chi connectivity index (χ2v) is 22.1. The number of aliphatic hydroxyl groups is 2. The van der Waals surface area contributed by atoms with Crippen molar-refractivity contribution in [3.05, 3.63) is 24.3 Å². The number of carbonyl (C=O) groups is 2. The van der Waals surface area contributed by atoms with Crippen molar-refractivity contribution in [2.24, 2.45) is 0 Å². The molecule has 6 heteroatoms. The summed E-state index contributed by atoms with van der Waals surface area (Å²) in [7, 11) is 0. The maximum Gasteiger partial charge on any atom is 0.305 e. The Morgan fingerprint density at radius 2 is 0.718 bits per heavy atom. The molecule has 1 amide bonds. The summed E-state index contributed by atoms with van der Waals surface area (Å²) >= 11 is 0. The summed E-state index contributed by atoms with van der Waals surface area (Å²) in [4.78, 5) is 24.6. The second kappa shape index (κ2) is 60.9. The van der Waals surface area contributed by atoms with Crippen LogP contribution in [0.2, 0.25) is 0 Å². The van der Waals surface area contributed by atoms with Gasteiger partial charge in [-0.1, -0.05) is 321 Å². The van der Waals surface area contributed by atoms with Crippen LogP contribution in [0.5, 0.6) is 0 Å². The van der Waals surface area contributed by atoms with Crippen molar-refractivity contribution >= 4 is 11.9 Å². The standard InChI is InChI=1S/C65H125NO5/c1-3-5-7-9-11-13-15-17-19-21-23-24-25-27-28-30-33-37-41-45-49-53-57-63(68)62(61-67)66-64(69)58-54-50-46-42-38-34-32-36-40-44-48-52-56-60-71-65(70)59-55-51-47-43-39-35-31-29-26-22-20-18-16-14-12-10-8-6-4-2/h34,38,46,50,62-63,67-68H,3-33,35-37,39-45,47-49,51-61H2,1-2H3,(H,66,69)/b38-34-,50-46-. The van der Waals surface area contributed by atoms with Gasteiger partial charge in [-0.2, -0.15) is 0 Å². The summed E-state index contributed by atoms with van der Waals surface area (Å²) in [6.45, 7) is 4.93. The quantitative estimate of drug-likeness (QED) is 0.0320. The van der Waals surface area contributed by atoms with Crippen LogP contribution < -0.4 is 5.32 Å². The summed E-state index contributed by atoms with van der Waals surface area (Å²) in [5, 5.41) is 23.3. The van der Waals surface area contributed by atoms with E-state index < -0.39 is 12.1 Å². The summed E-state index contributed by atoms with van der Waals surface area (Å²) < 4.78 is 5.48. The third-order valence-corrected chi connectivity index (χ3v) is 15.0. The highest BCUT2D eigenvalue weighted by Crippen LogP contribution is 2.18. The molecule has 3 N–H and O–H groups in total. The molecule has 420 valence electrons. The highest BCUT2D eigenvalue weighted by atomic mass is 16.5. The van der Waals surface area contributed by atoms with Crippen LogP contribution in [0, 0.1) is 0 Å². The van der Waals surface area contributed by atoms with E-state index in [2.05, 4.69) is 43.5 Å². The lowest BCUT2D eigenvalue weighted by atomic mass is 10.0. The summed E-state index contributed by atoms with van der Waals surface area (Å²) in [5.41, 5.74) is 0. The minimum atomic E-state index is -0.700. The first-order chi connectivity index (χ1) is 35.0. The van der Waals surface area contributed by atoms with E-state index in [1.165, 1.54) is 263 Å². The number of hydrogen-bond acceptors (Lipinski definition) is 5. The molecular formula is C65H125NO5. The van der Waals surface area contributed by atoms with Gasteiger partial charge in [0.05, 0.1) is 25.4 Å². The topological polar surface area (TPSA) is 95.9 Å². The zero-order valence-electron chi connectivity index (χ0n) is 48.0. The van der Waals surface area contributed by atoms with Crippen LogP contribution in [0.25, 0.3) is 0 Å². The number of carbonyl (C=O) groups excluding carboxylic acids is 2. The largest absolute Gasteiger partial charge is 0.466 e. The van der Waals surface area contributed by atoms with Gasteiger partial charge in [0.2, 0.25) is 5.91 Å². The Morgan fingerprint density at radius 3 is 1.10 bits per heavy atom. The monoisotopic (exact) mass is 1000 g/mol. The lowest BCUT2D eigenvalue weighted by molar-refractivity contribution is -0.143. The molecule has 2 atom stereocenters. The molecule has 0 heterocycles. The van der Waals surface area contributed by atoms with Crippen molar-refractivity contribution in [1.29, 1.82) is 0 Å². The van der Waals surface area contributed by atoms with Gasteiger partial charge in [-0.25, -0.2) is 0 Å². The number of aliphatic hydroxyl groups excluding tert-OH is 2. The van der Waals surface area contributed by atoms with Gasteiger partial charge in [0, 0.05) is 12.8 Å². The van der Waals surface area contributed by atoms with Crippen LogP contribution in [0.1, 0.15) is 354 Å². The summed E-state index contributed by atoms with van der Waals surface area (Å²) in [5.74, 6) is -0.123. The van der Waals surface area contributed by atoms with Crippen LogP contribution in [0.15, 0.2) is 24.3 Å². The highest BCUT2D eigenvalue weighted by molar-refractivity contribution is 5.76. The van der Waals surface area contributed by atoms with Crippen LogP contribution >= 0.6 is 0 Å². The van der Waals surface area contributed by atoms with Crippen LogP contribution in [-0.2, 0) is 14.3 Å². The Bertz CT molecular complexity index is 1110. The van der Waals surface area contributed by atoms with Crippen molar-refractivity contribution in [2.45, 2.75) is 366 Å². The molecule has 0 saturated carbocycles. The molecule has 0 aromatic carbocycles. The van der Waals surface area contributed by atoms with E-state index in [0.29, 0.717) is 32.3 Å². The van der Waals surface area contributed by atoms with E-state index >= 15 is 0 Å². The first-order valence-corrected chi connectivity index (χ1v) is 32.1. The third-order valence-electron chi connectivity index (χ3n) is 15.0. The van der Waals surface area contributed by atoms with Gasteiger partial charge in [-0.15, -0.1) is 0 Å². The van der Waals surface area contributed by atoms with Crippen molar-refractivity contribution in [3.63, 3.8) is 0 Å². The fourth-order valence-corrected chi connectivity index (χ4v) is 10.1. The molecule has 0 fully saturated rings. The minimum absolute atomic E-state index is 0.0112. The van der Waals surface area contributed by atoms with Crippen molar-refractivity contribution in [3.8, 4) is 0 Å². The van der Waals surface area contributed by atoms with Gasteiger partial charge >= 0.3 is 5.97 Å². The van der Waals surface area contributed by atoms with Crippen LogP contribution in [-0.4, -0.2) is 47.4 Å². The molecule has 0 spiro atoms. The van der Waals surface area contributed by atoms with E-state index in [1.54, 1.807) is 0 Å². The normalized spacial score (nSPS) is 12.7. The molecule has 0 aromatic heterocycles. The molecular weight excluding hydrogens is 875 g/mol. The zero-order chi connectivity index (χ0) is 51.4.